The van der Waals surface area contributed by atoms with E-state index in [2.05, 4.69) is 44.5 Å². The summed E-state index contributed by atoms with van der Waals surface area (Å²) in [4.78, 5) is 4.25. The molecule has 86 valence electrons. The standard InChI is InChI=1S/C12H13N5/c1-2-3-6-7-4-8-10(9(6)7)15-16-11(8)12-13-5-14-17-12/h2-3,6-7,9H,4-5H2,1H3,(H,15,16)/b3-2+. The van der Waals surface area contributed by atoms with Crippen molar-refractivity contribution in [3.05, 3.63) is 29.1 Å². The molecule has 1 saturated carbocycles. The van der Waals surface area contributed by atoms with Crippen molar-refractivity contribution in [1.29, 1.82) is 0 Å². The first-order valence-corrected chi connectivity index (χ1v) is 6.02. The van der Waals surface area contributed by atoms with Crippen LogP contribution in [-0.2, 0) is 6.42 Å². The average molecular weight is 227 g/mol. The minimum Gasteiger partial charge on any atom is -0.274 e. The van der Waals surface area contributed by atoms with Crippen LogP contribution in [0.5, 0.6) is 0 Å². The lowest BCUT2D eigenvalue weighted by Gasteiger charge is -1.99. The molecule has 2 heterocycles. The van der Waals surface area contributed by atoms with Crippen molar-refractivity contribution >= 4 is 5.84 Å². The summed E-state index contributed by atoms with van der Waals surface area (Å²) in [6, 6.07) is 0. The maximum absolute atomic E-state index is 4.46. The van der Waals surface area contributed by atoms with Gasteiger partial charge in [0.05, 0.1) is 5.69 Å². The molecule has 5 heteroatoms. The number of rotatable bonds is 2. The molecular weight excluding hydrogens is 214 g/mol. The van der Waals surface area contributed by atoms with E-state index in [9.17, 15) is 0 Å². The Bertz CT molecular complexity index is 565. The molecule has 0 bridgehead atoms. The van der Waals surface area contributed by atoms with Gasteiger partial charge in [-0.15, -0.1) is 5.11 Å². The van der Waals surface area contributed by atoms with E-state index >= 15 is 0 Å². The second kappa shape index (κ2) is 3.12. The summed E-state index contributed by atoms with van der Waals surface area (Å²) >= 11 is 0. The van der Waals surface area contributed by atoms with E-state index in [1.54, 1.807) is 0 Å². The first-order valence-electron chi connectivity index (χ1n) is 6.02. The van der Waals surface area contributed by atoms with Crippen molar-refractivity contribution in [2.24, 2.45) is 27.1 Å². The molecule has 1 aromatic rings. The number of allylic oxidation sites excluding steroid dienone is 2. The van der Waals surface area contributed by atoms with Gasteiger partial charge in [-0.1, -0.05) is 12.2 Å². The monoisotopic (exact) mass is 227 g/mol. The number of nitrogens with zero attached hydrogens (tertiary/aromatic N) is 4. The Hall–Kier alpha value is -1.78. The minimum atomic E-state index is 0.456. The van der Waals surface area contributed by atoms with Gasteiger partial charge in [-0.3, -0.25) is 5.10 Å². The maximum atomic E-state index is 4.46. The summed E-state index contributed by atoms with van der Waals surface area (Å²) in [6.45, 7) is 2.54. The number of aromatic nitrogens is 2. The Kier molecular flexibility index (Phi) is 1.70. The summed E-state index contributed by atoms with van der Waals surface area (Å²) in [6.07, 6.45) is 5.56. The molecule has 1 aromatic heterocycles. The number of azo groups is 1. The zero-order valence-electron chi connectivity index (χ0n) is 9.59. The summed E-state index contributed by atoms with van der Waals surface area (Å²) in [5, 5.41) is 15.5. The van der Waals surface area contributed by atoms with Crippen LogP contribution in [0.4, 0.5) is 0 Å². The molecule has 3 atom stereocenters. The Morgan fingerprint density at radius 2 is 2.35 bits per heavy atom. The molecule has 0 radical (unpaired) electrons. The Morgan fingerprint density at radius 1 is 1.41 bits per heavy atom. The van der Waals surface area contributed by atoms with Crippen LogP contribution in [0.2, 0.25) is 0 Å². The third-order valence-electron chi connectivity index (χ3n) is 3.97. The van der Waals surface area contributed by atoms with E-state index in [1.165, 1.54) is 11.3 Å². The quantitative estimate of drug-likeness (QED) is 0.772. The summed E-state index contributed by atoms with van der Waals surface area (Å²) in [5.41, 5.74) is 3.55. The van der Waals surface area contributed by atoms with E-state index in [0.29, 0.717) is 18.5 Å². The van der Waals surface area contributed by atoms with Crippen molar-refractivity contribution in [1.82, 2.24) is 10.2 Å². The fourth-order valence-corrected chi connectivity index (χ4v) is 3.17. The molecule has 1 aliphatic heterocycles. The van der Waals surface area contributed by atoms with Gasteiger partial charge >= 0.3 is 0 Å². The van der Waals surface area contributed by atoms with Crippen LogP contribution in [0.25, 0.3) is 0 Å². The number of aromatic amines is 1. The predicted molar refractivity (Wildman–Crippen MR) is 63.1 cm³/mol. The normalized spacial score (nSPS) is 33.0. The first kappa shape index (κ1) is 9.27. The molecule has 3 aliphatic rings. The molecule has 17 heavy (non-hydrogen) atoms. The van der Waals surface area contributed by atoms with Gasteiger partial charge in [0.2, 0.25) is 0 Å². The summed E-state index contributed by atoms with van der Waals surface area (Å²) in [7, 11) is 0. The van der Waals surface area contributed by atoms with E-state index in [0.717, 1.165) is 23.9 Å². The lowest BCUT2D eigenvalue weighted by Crippen LogP contribution is -2.00. The second-order valence-corrected chi connectivity index (χ2v) is 4.82. The van der Waals surface area contributed by atoms with E-state index in [-0.39, 0.29) is 0 Å². The van der Waals surface area contributed by atoms with Crippen LogP contribution in [0.3, 0.4) is 0 Å². The third kappa shape index (κ3) is 1.14. The molecular formula is C12H13N5. The van der Waals surface area contributed by atoms with Crippen LogP contribution in [0, 0.1) is 11.8 Å². The molecule has 0 spiro atoms. The third-order valence-corrected chi connectivity index (χ3v) is 3.97. The Balaban J connectivity index is 1.70. The molecule has 3 unspecified atom stereocenters. The van der Waals surface area contributed by atoms with Crippen molar-refractivity contribution < 1.29 is 0 Å². The average Bonchev–Trinajstić information content (AvgIpc) is 2.82. The van der Waals surface area contributed by atoms with Crippen molar-refractivity contribution in [2.75, 3.05) is 6.67 Å². The van der Waals surface area contributed by atoms with Crippen molar-refractivity contribution in [3.8, 4) is 0 Å². The minimum absolute atomic E-state index is 0.456. The number of fused-ring (bicyclic) bond motifs is 3. The van der Waals surface area contributed by atoms with E-state index < -0.39 is 0 Å². The maximum Gasteiger partial charge on any atom is 0.197 e. The lowest BCUT2D eigenvalue weighted by molar-refractivity contribution is 0.795. The summed E-state index contributed by atoms with van der Waals surface area (Å²) < 4.78 is 0. The second-order valence-electron chi connectivity index (χ2n) is 4.82. The van der Waals surface area contributed by atoms with Crippen LogP contribution in [0.1, 0.15) is 29.8 Å². The van der Waals surface area contributed by atoms with Gasteiger partial charge in [0.25, 0.3) is 0 Å². The van der Waals surface area contributed by atoms with Crippen molar-refractivity contribution in [3.63, 3.8) is 0 Å². The SMILES string of the molecule is C/C=C/C1C2Cc3c(n[nH]c3C3=NCN=N3)C12. The smallest absolute Gasteiger partial charge is 0.197 e. The first-order chi connectivity index (χ1) is 8.40. The molecule has 0 amide bonds. The predicted octanol–water partition coefficient (Wildman–Crippen LogP) is 2.04. The fraction of sp³-hybridized carbons (Fsp3) is 0.500. The highest BCUT2D eigenvalue weighted by Gasteiger charge is 2.56. The number of nitrogens with one attached hydrogen (secondary N) is 1. The molecule has 0 aromatic carbocycles. The van der Waals surface area contributed by atoms with Crippen LogP contribution in [-0.4, -0.2) is 22.7 Å². The largest absolute Gasteiger partial charge is 0.274 e. The van der Waals surface area contributed by atoms with Crippen molar-refractivity contribution in [2.45, 2.75) is 19.3 Å². The van der Waals surface area contributed by atoms with E-state index in [1.807, 2.05) is 0 Å². The van der Waals surface area contributed by atoms with Gasteiger partial charge in [0.1, 0.15) is 5.69 Å². The molecule has 1 N–H and O–H groups in total. The van der Waals surface area contributed by atoms with Gasteiger partial charge in [-0.25, -0.2) is 4.99 Å². The number of aliphatic imine (C=N–C) groups is 1. The van der Waals surface area contributed by atoms with Crippen LogP contribution < -0.4 is 0 Å². The molecule has 1 fully saturated rings. The molecule has 2 aliphatic carbocycles. The molecule has 0 saturated heterocycles. The highest BCUT2D eigenvalue weighted by Crippen LogP contribution is 2.61. The lowest BCUT2D eigenvalue weighted by atomic mass is 10.1. The van der Waals surface area contributed by atoms with Gasteiger partial charge in [0.15, 0.2) is 12.5 Å². The van der Waals surface area contributed by atoms with Gasteiger partial charge < -0.3 is 0 Å². The van der Waals surface area contributed by atoms with Gasteiger partial charge in [-0.2, -0.15) is 10.2 Å². The number of hydrogen-bond acceptors (Lipinski definition) is 4. The van der Waals surface area contributed by atoms with Gasteiger partial charge in [0, 0.05) is 11.5 Å². The van der Waals surface area contributed by atoms with Crippen LogP contribution in [0.15, 0.2) is 27.4 Å². The highest BCUT2D eigenvalue weighted by molar-refractivity contribution is 5.99. The van der Waals surface area contributed by atoms with Gasteiger partial charge in [-0.05, 0) is 25.2 Å². The number of H-pyrrole nitrogens is 1. The molecule has 5 nitrogen and oxygen atoms in total. The zero-order valence-corrected chi connectivity index (χ0v) is 9.59. The summed E-state index contributed by atoms with van der Waals surface area (Å²) in [5.74, 6) is 2.82. The number of hydrogen-bond donors (Lipinski definition) is 1. The Labute approximate surface area is 98.7 Å². The zero-order chi connectivity index (χ0) is 11.4. The van der Waals surface area contributed by atoms with Crippen LogP contribution >= 0.6 is 0 Å². The fourth-order valence-electron chi connectivity index (χ4n) is 3.17. The number of amidine groups is 1. The van der Waals surface area contributed by atoms with E-state index in [4.69, 9.17) is 0 Å². The molecule has 4 rings (SSSR count). The Morgan fingerprint density at radius 3 is 3.12 bits per heavy atom. The highest BCUT2D eigenvalue weighted by atomic mass is 15.3. The topological polar surface area (TPSA) is 65.8 Å².